The summed E-state index contributed by atoms with van der Waals surface area (Å²) in [5.41, 5.74) is 1.49. The Balaban J connectivity index is 1.54. The average molecular weight is 428 g/mol. The van der Waals surface area contributed by atoms with Crippen LogP contribution in [0.25, 0.3) is 0 Å². The zero-order chi connectivity index (χ0) is 19.4. The second-order valence-electron chi connectivity index (χ2n) is 6.08. The van der Waals surface area contributed by atoms with E-state index in [1.807, 2.05) is 12.1 Å². The van der Waals surface area contributed by atoms with Gasteiger partial charge in [-0.05, 0) is 29.1 Å². The van der Waals surface area contributed by atoms with Crippen molar-refractivity contribution in [1.82, 2.24) is 9.80 Å². The van der Waals surface area contributed by atoms with Gasteiger partial charge in [0.25, 0.3) is 0 Å². The molecule has 1 saturated heterocycles. The Morgan fingerprint density at radius 2 is 1.93 bits per heavy atom. The van der Waals surface area contributed by atoms with Crippen LogP contribution >= 0.6 is 34.5 Å². The van der Waals surface area contributed by atoms with Crippen LogP contribution in [0.15, 0.2) is 29.6 Å². The number of halogens is 2. The number of carbonyl (C=O) groups excluding carboxylic acids is 2. The molecule has 2 heterocycles. The van der Waals surface area contributed by atoms with Crippen LogP contribution in [0, 0.1) is 0 Å². The quantitative estimate of drug-likeness (QED) is 0.742. The first-order valence-electron chi connectivity index (χ1n) is 8.36. The molecule has 0 unspecified atom stereocenters. The number of hydrogen-bond donors (Lipinski definition) is 1. The fourth-order valence-electron chi connectivity index (χ4n) is 2.85. The van der Waals surface area contributed by atoms with Gasteiger partial charge in [-0.25, -0.2) is 9.59 Å². The maximum Gasteiger partial charge on any atom is 0.350 e. The minimum absolute atomic E-state index is 0.220. The molecule has 0 saturated carbocycles. The van der Waals surface area contributed by atoms with Crippen molar-refractivity contribution in [2.75, 3.05) is 38.6 Å². The maximum absolute atomic E-state index is 12.5. The summed E-state index contributed by atoms with van der Waals surface area (Å²) in [6.07, 6.45) is 0. The Kier molecular flexibility index (Phi) is 6.59. The normalized spacial score (nSPS) is 14.9. The highest BCUT2D eigenvalue weighted by Crippen LogP contribution is 2.24. The predicted molar refractivity (Wildman–Crippen MR) is 108 cm³/mol. The number of piperazine rings is 1. The minimum Gasteiger partial charge on any atom is -0.465 e. The van der Waals surface area contributed by atoms with Gasteiger partial charge >= 0.3 is 12.0 Å². The Bertz CT molecular complexity index is 835. The topological polar surface area (TPSA) is 61.9 Å². The van der Waals surface area contributed by atoms with E-state index in [-0.39, 0.29) is 6.03 Å². The van der Waals surface area contributed by atoms with Crippen molar-refractivity contribution >= 4 is 52.2 Å². The number of carbonyl (C=O) groups is 2. The molecule has 1 fully saturated rings. The Morgan fingerprint density at radius 1 is 1.19 bits per heavy atom. The third-order valence-corrected chi connectivity index (χ3v) is 5.83. The molecule has 0 spiro atoms. The van der Waals surface area contributed by atoms with E-state index in [0.717, 1.165) is 18.7 Å². The summed E-state index contributed by atoms with van der Waals surface area (Å²) < 4.78 is 4.73. The lowest BCUT2D eigenvalue weighted by molar-refractivity contribution is 0.0607. The van der Waals surface area contributed by atoms with Gasteiger partial charge in [-0.3, -0.25) is 4.90 Å². The highest BCUT2D eigenvalue weighted by molar-refractivity contribution is 7.12. The Hall–Kier alpha value is -1.80. The van der Waals surface area contributed by atoms with Crippen LogP contribution in [0.4, 0.5) is 10.5 Å². The highest BCUT2D eigenvalue weighted by atomic mass is 35.5. The van der Waals surface area contributed by atoms with E-state index >= 15 is 0 Å². The molecule has 1 N–H and O–H groups in total. The summed E-state index contributed by atoms with van der Waals surface area (Å²) in [5, 5.41) is 5.81. The van der Waals surface area contributed by atoms with Crippen LogP contribution < -0.4 is 5.32 Å². The maximum atomic E-state index is 12.5. The van der Waals surface area contributed by atoms with Gasteiger partial charge in [0.1, 0.15) is 4.88 Å². The molecule has 1 aromatic heterocycles. The van der Waals surface area contributed by atoms with E-state index in [0.29, 0.717) is 40.2 Å². The second-order valence-corrected chi connectivity index (χ2v) is 7.84. The van der Waals surface area contributed by atoms with E-state index in [4.69, 9.17) is 27.9 Å². The summed E-state index contributed by atoms with van der Waals surface area (Å²) >= 11 is 13.4. The fraction of sp³-hybridized carbons (Fsp3) is 0.333. The first kappa shape index (κ1) is 19.9. The SMILES string of the molecule is COC(=O)c1sccc1NC(=O)N1CCN(Cc2ccc(Cl)cc2Cl)CC1. The standard InChI is InChI=1S/C18H19Cl2N3O3S/c1-26-17(24)16-15(4-9-27-16)21-18(25)23-7-5-22(6-8-23)11-12-2-3-13(19)10-14(12)20/h2-4,9-10H,5-8,11H2,1H3,(H,21,25). The first-order chi connectivity index (χ1) is 13.0. The molecule has 1 aromatic carbocycles. The molecule has 144 valence electrons. The number of rotatable bonds is 4. The zero-order valence-corrected chi connectivity index (χ0v) is 17.0. The molecule has 0 aliphatic carbocycles. The Labute approximate surface area is 171 Å². The summed E-state index contributed by atoms with van der Waals surface area (Å²) in [6, 6.07) is 6.97. The highest BCUT2D eigenvalue weighted by Gasteiger charge is 2.23. The van der Waals surface area contributed by atoms with Gasteiger partial charge in [-0.2, -0.15) is 0 Å². The smallest absolute Gasteiger partial charge is 0.350 e. The number of nitrogens with one attached hydrogen (secondary N) is 1. The number of benzene rings is 1. The second kappa shape index (κ2) is 8.93. The summed E-state index contributed by atoms with van der Waals surface area (Å²) in [5.74, 6) is -0.454. The van der Waals surface area contributed by atoms with Crippen LogP contribution in [0.1, 0.15) is 15.2 Å². The number of urea groups is 1. The largest absolute Gasteiger partial charge is 0.465 e. The van der Waals surface area contributed by atoms with Crippen LogP contribution in [0.3, 0.4) is 0 Å². The number of nitrogens with zero attached hydrogens (tertiary/aromatic N) is 2. The first-order valence-corrected chi connectivity index (χ1v) is 9.99. The van der Waals surface area contributed by atoms with E-state index in [2.05, 4.69) is 10.2 Å². The lowest BCUT2D eigenvalue weighted by Gasteiger charge is -2.34. The van der Waals surface area contributed by atoms with Gasteiger partial charge < -0.3 is 15.0 Å². The van der Waals surface area contributed by atoms with E-state index in [1.54, 1.807) is 22.4 Å². The van der Waals surface area contributed by atoms with E-state index in [9.17, 15) is 9.59 Å². The van der Waals surface area contributed by atoms with Gasteiger partial charge in [-0.15, -0.1) is 11.3 Å². The molecule has 3 rings (SSSR count). The van der Waals surface area contributed by atoms with Crippen molar-refractivity contribution in [3.8, 4) is 0 Å². The van der Waals surface area contributed by atoms with Gasteiger partial charge in [0.05, 0.1) is 12.8 Å². The van der Waals surface area contributed by atoms with Crippen molar-refractivity contribution in [1.29, 1.82) is 0 Å². The fourth-order valence-corrected chi connectivity index (χ4v) is 4.09. The van der Waals surface area contributed by atoms with Crippen molar-refractivity contribution in [2.24, 2.45) is 0 Å². The molecule has 0 radical (unpaired) electrons. The lowest BCUT2D eigenvalue weighted by Crippen LogP contribution is -2.49. The van der Waals surface area contributed by atoms with Crippen molar-refractivity contribution in [2.45, 2.75) is 6.54 Å². The summed E-state index contributed by atoms with van der Waals surface area (Å²) in [7, 11) is 1.32. The molecule has 1 aliphatic rings. The predicted octanol–water partition coefficient (Wildman–Crippen LogP) is 4.19. The van der Waals surface area contributed by atoms with Crippen LogP contribution in [0.2, 0.25) is 10.0 Å². The number of methoxy groups -OCH3 is 1. The molecule has 27 heavy (non-hydrogen) atoms. The molecule has 2 aromatic rings. The molecule has 0 atom stereocenters. The number of amides is 2. The zero-order valence-electron chi connectivity index (χ0n) is 14.7. The average Bonchev–Trinajstić information content (AvgIpc) is 3.12. The van der Waals surface area contributed by atoms with Crippen molar-refractivity contribution < 1.29 is 14.3 Å². The summed E-state index contributed by atoms with van der Waals surface area (Å²) in [6.45, 7) is 3.37. The van der Waals surface area contributed by atoms with E-state index < -0.39 is 5.97 Å². The van der Waals surface area contributed by atoms with Gasteiger partial charge in [0.2, 0.25) is 0 Å². The summed E-state index contributed by atoms with van der Waals surface area (Å²) in [4.78, 5) is 28.6. The molecule has 2 amide bonds. The molecule has 1 aliphatic heterocycles. The molecular weight excluding hydrogens is 409 g/mol. The van der Waals surface area contributed by atoms with Gasteiger partial charge in [0, 0.05) is 42.8 Å². The van der Waals surface area contributed by atoms with Crippen LogP contribution in [-0.4, -0.2) is 55.1 Å². The van der Waals surface area contributed by atoms with Crippen LogP contribution in [0.5, 0.6) is 0 Å². The molecule has 6 nitrogen and oxygen atoms in total. The molecular formula is C18H19Cl2N3O3S. The van der Waals surface area contributed by atoms with Gasteiger partial charge in [0.15, 0.2) is 0 Å². The molecule has 9 heteroatoms. The minimum atomic E-state index is -0.454. The monoisotopic (exact) mass is 427 g/mol. The number of ether oxygens (including phenoxy) is 1. The van der Waals surface area contributed by atoms with Crippen molar-refractivity contribution in [3.05, 3.63) is 50.1 Å². The number of hydrogen-bond acceptors (Lipinski definition) is 5. The third kappa shape index (κ3) is 4.93. The number of anilines is 1. The number of esters is 1. The Morgan fingerprint density at radius 3 is 2.59 bits per heavy atom. The molecule has 0 bridgehead atoms. The van der Waals surface area contributed by atoms with Crippen molar-refractivity contribution in [3.63, 3.8) is 0 Å². The third-order valence-electron chi connectivity index (χ3n) is 4.35. The van der Waals surface area contributed by atoms with E-state index in [1.165, 1.54) is 18.4 Å². The van der Waals surface area contributed by atoms with Crippen LogP contribution in [-0.2, 0) is 11.3 Å². The number of thiophene rings is 1. The van der Waals surface area contributed by atoms with Gasteiger partial charge in [-0.1, -0.05) is 29.3 Å². The lowest BCUT2D eigenvalue weighted by atomic mass is 10.2.